The van der Waals surface area contributed by atoms with E-state index in [2.05, 4.69) is 9.88 Å². The van der Waals surface area contributed by atoms with Gasteiger partial charge in [-0.15, -0.1) is 0 Å². The van der Waals surface area contributed by atoms with Gasteiger partial charge in [-0.05, 0) is 23.3 Å². The summed E-state index contributed by atoms with van der Waals surface area (Å²) in [5.74, 6) is 0.999. The Kier molecular flexibility index (Phi) is 6.18. The fourth-order valence-electron chi connectivity index (χ4n) is 3.73. The molecule has 30 heavy (non-hydrogen) atoms. The summed E-state index contributed by atoms with van der Waals surface area (Å²) in [5.41, 5.74) is 2.85. The van der Waals surface area contributed by atoms with Crippen LogP contribution >= 0.6 is 0 Å². The molecule has 0 bridgehead atoms. The summed E-state index contributed by atoms with van der Waals surface area (Å²) in [4.78, 5) is 33.5. The molecule has 0 radical (unpaired) electrons. The number of rotatable bonds is 6. The molecule has 0 saturated carbocycles. The Morgan fingerprint density at radius 3 is 2.07 bits per heavy atom. The van der Waals surface area contributed by atoms with Crippen LogP contribution in [0.1, 0.15) is 23.2 Å². The van der Waals surface area contributed by atoms with Crippen LogP contribution in [0.25, 0.3) is 11.1 Å². The number of nitrogens with zero attached hydrogens (tertiary/aromatic N) is 3. The van der Waals surface area contributed by atoms with Crippen molar-refractivity contribution in [2.75, 3.05) is 31.1 Å². The van der Waals surface area contributed by atoms with E-state index in [4.69, 9.17) is 0 Å². The molecule has 4 rings (SSSR count). The zero-order chi connectivity index (χ0) is 20.8. The number of anilines is 1. The normalized spacial score (nSPS) is 13.9. The molecule has 1 aromatic heterocycles. The quantitative estimate of drug-likeness (QED) is 0.587. The molecule has 0 aliphatic carbocycles. The minimum Gasteiger partial charge on any atom is -0.353 e. The summed E-state index contributed by atoms with van der Waals surface area (Å²) in [6.07, 6.45) is 2.28. The van der Waals surface area contributed by atoms with E-state index < -0.39 is 0 Å². The fraction of sp³-hybridized carbons (Fsp3) is 0.240. The second kappa shape index (κ2) is 9.35. The molecule has 0 unspecified atom stereocenters. The predicted octanol–water partition coefficient (Wildman–Crippen LogP) is 4.06. The first kappa shape index (κ1) is 19.8. The molecule has 2 aromatic carbocycles. The number of carbonyl (C=O) groups excluding carboxylic acids is 2. The van der Waals surface area contributed by atoms with Gasteiger partial charge >= 0.3 is 0 Å². The van der Waals surface area contributed by atoms with Gasteiger partial charge in [-0.3, -0.25) is 9.59 Å². The summed E-state index contributed by atoms with van der Waals surface area (Å²) < 4.78 is 0. The second-order valence-corrected chi connectivity index (χ2v) is 7.42. The molecule has 1 amide bonds. The molecule has 0 N–H and O–H groups in total. The molecule has 1 fully saturated rings. The van der Waals surface area contributed by atoms with E-state index >= 15 is 0 Å². The molecule has 1 saturated heterocycles. The van der Waals surface area contributed by atoms with Crippen molar-refractivity contribution in [2.45, 2.75) is 12.8 Å². The number of hydrogen-bond acceptors (Lipinski definition) is 4. The van der Waals surface area contributed by atoms with Crippen molar-refractivity contribution in [3.8, 4) is 11.1 Å². The minimum atomic E-state index is 0.00934. The van der Waals surface area contributed by atoms with Crippen molar-refractivity contribution in [1.82, 2.24) is 9.88 Å². The number of amides is 1. The molecule has 2 heterocycles. The zero-order valence-electron chi connectivity index (χ0n) is 16.9. The Bertz CT molecular complexity index is 980. The number of ketones is 1. The van der Waals surface area contributed by atoms with E-state index in [0.29, 0.717) is 18.7 Å². The number of hydrogen-bond donors (Lipinski definition) is 0. The third kappa shape index (κ3) is 4.74. The van der Waals surface area contributed by atoms with Gasteiger partial charge in [0.25, 0.3) is 0 Å². The van der Waals surface area contributed by atoms with Crippen LogP contribution in [0.3, 0.4) is 0 Å². The molecular formula is C25H25N3O2. The average Bonchev–Trinajstić information content (AvgIpc) is 2.83. The summed E-state index contributed by atoms with van der Waals surface area (Å²) in [6.45, 7) is 2.85. The van der Waals surface area contributed by atoms with Crippen molar-refractivity contribution >= 4 is 17.5 Å². The number of carbonyl (C=O) groups is 2. The van der Waals surface area contributed by atoms with Crippen molar-refractivity contribution in [3.63, 3.8) is 0 Å². The minimum absolute atomic E-state index is 0.00934. The molecule has 152 valence electrons. The van der Waals surface area contributed by atoms with E-state index in [9.17, 15) is 9.59 Å². The summed E-state index contributed by atoms with van der Waals surface area (Å²) in [6, 6.07) is 23.5. The summed E-state index contributed by atoms with van der Waals surface area (Å²) in [7, 11) is 0. The van der Waals surface area contributed by atoms with E-state index in [0.717, 1.165) is 30.0 Å². The Labute approximate surface area is 177 Å². The maximum atomic E-state index is 12.6. The van der Waals surface area contributed by atoms with Crippen LogP contribution in [0.5, 0.6) is 0 Å². The Hall–Kier alpha value is -3.47. The van der Waals surface area contributed by atoms with Crippen molar-refractivity contribution in [1.29, 1.82) is 0 Å². The lowest BCUT2D eigenvalue weighted by molar-refractivity contribution is -0.131. The molecular weight excluding hydrogens is 374 g/mol. The number of pyridine rings is 1. The highest BCUT2D eigenvalue weighted by Gasteiger charge is 2.22. The summed E-state index contributed by atoms with van der Waals surface area (Å²) in [5, 5.41) is 0. The van der Waals surface area contributed by atoms with Crippen LogP contribution < -0.4 is 4.90 Å². The van der Waals surface area contributed by atoms with Crippen LogP contribution in [0.2, 0.25) is 0 Å². The maximum absolute atomic E-state index is 12.6. The van der Waals surface area contributed by atoms with E-state index in [1.165, 1.54) is 0 Å². The first-order chi connectivity index (χ1) is 14.7. The Balaban J connectivity index is 1.26. The van der Waals surface area contributed by atoms with Gasteiger partial charge in [0.1, 0.15) is 5.82 Å². The monoisotopic (exact) mass is 399 g/mol. The SMILES string of the molecule is O=C(CCC(=O)N1CCN(c2ccccn2)CC1)c1ccc(-c2ccccc2)cc1. The Morgan fingerprint density at radius 1 is 0.733 bits per heavy atom. The highest BCUT2D eigenvalue weighted by Crippen LogP contribution is 2.20. The van der Waals surface area contributed by atoms with Crippen molar-refractivity contribution < 1.29 is 9.59 Å². The lowest BCUT2D eigenvalue weighted by Gasteiger charge is -2.35. The van der Waals surface area contributed by atoms with Crippen LogP contribution in [0.15, 0.2) is 79.0 Å². The lowest BCUT2D eigenvalue weighted by Crippen LogP contribution is -2.49. The smallest absolute Gasteiger partial charge is 0.223 e. The Morgan fingerprint density at radius 2 is 1.40 bits per heavy atom. The van der Waals surface area contributed by atoms with E-state index in [1.54, 1.807) is 6.20 Å². The van der Waals surface area contributed by atoms with E-state index in [-0.39, 0.29) is 24.5 Å². The van der Waals surface area contributed by atoms with Gasteiger partial charge in [0.05, 0.1) is 0 Å². The third-order valence-electron chi connectivity index (χ3n) is 5.49. The van der Waals surface area contributed by atoms with Crippen molar-refractivity contribution in [3.05, 3.63) is 84.6 Å². The van der Waals surface area contributed by atoms with Crippen LogP contribution in [0.4, 0.5) is 5.82 Å². The van der Waals surface area contributed by atoms with Gasteiger partial charge in [0, 0.05) is 50.8 Å². The molecule has 5 heteroatoms. The molecule has 5 nitrogen and oxygen atoms in total. The number of Topliss-reactive ketones (excluding diaryl/α,β-unsaturated/α-hetero) is 1. The third-order valence-corrected chi connectivity index (χ3v) is 5.49. The van der Waals surface area contributed by atoms with Crippen molar-refractivity contribution in [2.24, 2.45) is 0 Å². The summed E-state index contributed by atoms with van der Waals surface area (Å²) >= 11 is 0. The largest absolute Gasteiger partial charge is 0.353 e. The highest BCUT2D eigenvalue weighted by atomic mass is 16.2. The van der Waals surface area contributed by atoms with Gasteiger partial charge in [-0.1, -0.05) is 60.7 Å². The van der Waals surface area contributed by atoms with Gasteiger partial charge in [-0.2, -0.15) is 0 Å². The van der Waals surface area contributed by atoms with Gasteiger partial charge in [-0.25, -0.2) is 4.98 Å². The fourth-order valence-corrected chi connectivity index (χ4v) is 3.73. The van der Waals surface area contributed by atoms with E-state index in [1.807, 2.05) is 77.7 Å². The molecule has 1 aliphatic rings. The number of aromatic nitrogens is 1. The first-order valence-corrected chi connectivity index (χ1v) is 10.3. The standard InChI is InChI=1S/C25H25N3O2/c29-23(22-11-9-21(10-12-22)20-6-2-1-3-7-20)13-14-25(30)28-18-16-27(17-19-28)24-8-4-5-15-26-24/h1-12,15H,13-14,16-19H2. The first-order valence-electron chi connectivity index (χ1n) is 10.3. The zero-order valence-corrected chi connectivity index (χ0v) is 16.9. The van der Waals surface area contributed by atoms with Crippen LogP contribution in [-0.2, 0) is 4.79 Å². The van der Waals surface area contributed by atoms with Gasteiger partial charge in [0.2, 0.25) is 5.91 Å². The number of benzene rings is 2. The maximum Gasteiger partial charge on any atom is 0.223 e. The average molecular weight is 399 g/mol. The van der Waals surface area contributed by atoms with Gasteiger partial charge in [0.15, 0.2) is 5.78 Å². The molecule has 0 atom stereocenters. The predicted molar refractivity (Wildman–Crippen MR) is 118 cm³/mol. The van der Waals surface area contributed by atoms with Crippen LogP contribution in [0, 0.1) is 0 Å². The molecule has 3 aromatic rings. The van der Waals surface area contributed by atoms with Crippen LogP contribution in [-0.4, -0.2) is 47.8 Å². The topological polar surface area (TPSA) is 53.5 Å². The highest BCUT2D eigenvalue weighted by molar-refractivity contribution is 5.98. The van der Waals surface area contributed by atoms with Gasteiger partial charge < -0.3 is 9.80 Å². The second-order valence-electron chi connectivity index (χ2n) is 7.42. The molecule has 0 spiro atoms. The molecule has 1 aliphatic heterocycles. The lowest BCUT2D eigenvalue weighted by atomic mass is 10.0. The number of piperazine rings is 1.